The van der Waals surface area contributed by atoms with Gasteiger partial charge in [0.1, 0.15) is 0 Å². The van der Waals surface area contributed by atoms with Crippen LogP contribution in [0.1, 0.15) is 34.1 Å². The van der Waals surface area contributed by atoms with E-state index >= 15 is 0 Å². The summed E-state index contributed by atoms with van der Waals surface area (Å²) in [6.07, 6.45) is -3.36. The smallest absolute Gasteiger partial charge is 0.379 e. The van der Waals surface area contributed by atoms with Gasteiger partial charge >= 0.3 is 6.18 Å². The van der Waals surface area contributed by atoms with E-state index in [2.05, 4.69) is 36.4 Å². The minimum absolute atomic E-state index is 0. The molecule has 2 N–H and O–H groups in total. The molecular formula is C17H34F3IN4O. The highest BCUT2D eigenvalue weighted by molar-refractivity contribution is 14.0. The van der Waals surface area contributed by atoms with Gasteiger partial charge in [-0.05, 0) is 31.2 Å². The Morgan fingerprint density at radius 3 is 2.42 bits per heavy atom. The van der Waals surface area contributed by atoms with Crippen molar-refractivity contribution >= 4 is 29.9 Å². The second kappa shape index (κ2) is 11.5. The number of hydrogen-bond acceptors (Lipinski definition) is 3. The van der Waals surface area contributed by atoms with Crippen LogP contribution < -0.4 is 10.6 Å². The Balaban J connectivity index is 0.00000625. The highest BCUT2D eigenvalue weighted by Gasteiger charge is 2.34. The van der Waals surface area contributed by atoms with Gasteiger partial charge < -0.3 is 15.4 Å². The van der Waals surface area contributed by atoms with Gasteiger partial charge in [0.15, 0.2) is 5.96 Å². The number of nitrogens with zero attached hydrogens (tertiary/aromatic N) is 2. The van der Waals surface area contributed by atoms with Crippen molar-refractivity contribution in [2.45, 2.75) is 46.4 Å². The molecule has 0 amide bonds. The molecule has 9 heteroatoms. The molecule has 1 saturated heterocycles. The van der Waals surface area contributed by atoms with Crippen LogP contribution in [-0.4, -0.2) is 69.5 Å². The molecule has 0 aromatic rings. The summed E-state index contributed by atoms with van der Waals surface area (Å²) in [6, 6.07) is 0. The number of likely N-dealkylation sites (tertiary alicyclic amines) is 1. The van der Waals surface area contributed by atoms with Crippen LogP contribution in [0.3, 0.4) is 0 Å². The van der Waals surface area contributed by atoms with Crippen molar-refractivity contribution in [2.75, 3.05) is 46.4 Å². The van der Waals surface area contributed by atoms with E-state index in [1.807, 2.05) is 6.92 Å². The van der Waals surface area contributed by atoms with Crippen LogP contribution in [0.25, 0.3) is 0 Å². The molecule has 1 rings (SSSR count). The maximum atomic E-state index is 12.5. The molecule has 1 fully saturated rings. The Hall–Kier alpha value is -0.290. The lowest BCUT2D eigenvalue weighted by Gasteiger charge is -2.28. The first-order valence-electron chi connectivity index (χ1n) is 8.89. The molecule has 0 saturated carbocycles. The molecule has 0 bridgehead atoms. The Morgan fingerprint density at radius 2 is 1.92 bits per heavy atom. The zero-order chi connectivity index (χ0) is 19.1. The standard InChI is InChI=1S/C17H33F3N4O.HI/c1-6-21-15(23-10-14(25-5)16(2,3)4)22-9-13-7-8-24(11-13)12-17(18,19)20;/h13-14H,6-12H2,1-5H3,(H2,21,22,23);1H. The van der Waals surface area contributed by atoms with E-state index in [0.717, 1.165) is 13.0 Å². The molecule has 5 nitrogen and oxygen atoms in total. The van der Waals surface area contributed by atoms with Gasteiger partial charge in [-0.1, -0.05) is 20.8 Å². The van der Waals surface area contributed by atoms with Crippen LogP contribution >= 0.6 is 24.0 Å². The molecule has 0 aliphatic carbocycles. The molecular weight excluding hydrogens is 460 g/mol. The van der Waals surface area contributed by atoms with Crippen LogP contribution in [0.15, 0.2) is 4.99 Å². The van der Waals surface area contributed by atoms with Gasteiger partial charge in [0.25, 0.3) is 0 Å². The molecule has 26 heavy (non-hydrogen) atoms. The maximum absolute atomic E-state index is 12.5. The number of nitrogens with one attached hydrogen (secondary N) is 2. The molecule has 2 unspecified atom stereocenters. The highest BCUT2D eigenvalue weighted by atomic mass is 127. The first kappa shape index (κ1) is 25.7. The van der Waals surface area contributed by atoms with E-state index in [1.165, 1.54) is 4.90 Å². The molecule has 2 atom stereocenters. The van der Waals surface area contributed by atoms with Crippen LogP contribution in [0.2, 0.25) is 0 Å². The maximum Gasteiger partial charge on any atom is 0.401 e. The molecule has 1 aliphatic rings. The lowest BCUT2D eigenvalue weighted by atomic mass is 9.89. The monoisotopic (exact) mass is 494 g/mol. The summed E-state index contributed by atoms with van der Waals surface area (Å²) in [5.74, 6) is 0.884. The number of guanidine groups is 1. The summed E-state index contributed by atoms with van der Waals surface area (Å²) < 4.78 is 42.9. The van der Waals surface area contributed by atoms with E-state index in [1.54, 1.807) is 7.11 Å². The highest BCUT2D eigenvalue weighted by Crippen LogP contribution is 2.23. The van der Waals surface area contributed by atoms with Crippen molar-refractivity contribution in [3.05, 3.63) is 0 Å². The van der Waals surface area contributed by atoms with E-state index in [-0.39, 0.29) is 41.4 Å². The fourth-order valence-electron chi connectivity index (χ4n) is 2.94. The van der Waals surface area contributed by atoms with Crippen LogP contribution in [0, 0.1) is 11.3 Å². The fourth-order valence-corrected chi connectivity index (χ4v) is 2.94. The summed E-state index contributed by atoms with van der Waals surface area (Å²) in [6.45, 7) is 10.3. The molecule has 1 heterocycles. The van der Waals surface area contributed by atoms with Crippen LogP contribution in [0.4, 0.5) is 13.2 Å². The molecule has 0 aromatic heterocycles. The summed E-state index contributed by atoms with van der Waals surface area (Å²) in [5.41, 5.74) is -0.0148. The van der Waals surface area contributed by atoms with Crippen molar-refractivity contribution in [2.24, 2.45) is 16.3 Å². The molecule has 0 aromatic carbocycles. The van der Waals surface area contributed by atoms with E-state index < -0.39 is 12.7 Å². The van der Waals surface area contributed by atoms with Crippen LogP contribution in [-0.2, 0) is 4.74 Å². The lowest BCUT2D eigenvalue weighted by molar-refractivity contribution is -0.143. The number of aliphatic imine (C=N–C) groups is 1. The molecule has 156 valence electrons. The second-order valence-corrected chi connectivity index (χ2v) is 7.70. The number of ether oxygens (including phenoxy) is 1. The third-order valence-corrected chi connectivity index (χ3v) is 4.34. The van der Waals surface area contributed by atoms with Gasteiger partial charge in [-0.3, -0.25) is 9.89 Å². The topological polar surface area (TPSA) is 48.9 Å². The third-order valence-electron chi connectivity index (χ3n) is 4.34. The molecule has 0 radical (unpaired) electrons. The van der Waals surface area contributed by atoms with Gasteiger partial charge in [0.2, 0.25) is 0 Å². The van der Waals surface area contributed by atoms with Crippen molar-refractivity contribution in [3.63, 3.8) is 0 Å². The normalized spacial score (nSPS) is 20.6. The Kier molecular flexibility index (Phi) is 11.4. The first-order valence-corrected chi connectivity index (χ1v) is 8.89. The van der Waals surface area contributed by atoms with Gasteiger partial charge in [-0.25, -0.2) is 0 Å². The Labute approximate surface area is 172 Å². The van der Waals surface area contributed by atoms with Gasteiger partial charge in [0.05, 0.1) is 19.2 Å². The number of rotatable bonds is 7. The quantitative estimate of drug-likeness (QED) is 0.325. The van der Waals surface area contributed by atoms with Crippen molar-refractivity contribution in [3.8, 4) is 0 Å². The Bertz CT molecular complexity index is 427. The second-order valence-electron chi connectivity index (χ2n) is 7.70. The number of alkyl halides is 3. The van der Waals surface area contributed by atoms with Gasteiger partial charge in [-0.2, -0.15) is 13.2 Å². The molecule has 1 aliphatic heterocycles. The van der Waals surface area contributed by atoms with E-state index in [0.29, 0.717) is 32.1 Å². The minimum atomic E-state index is -4.12. The largest absolute Gasteiger partial charge is 0.401 e. The lowest BCUT2D eigenvalue weighted by Crippen LogP contribution is -2.42. The fraction of sp³-hybridized carbons (Fsp3) is 0.941. The van der Waals surface area contributed by atoms with Crippen LogP contribution in [0.5, 0.6) is 0 Å². The molecule has 0 spiro atoms. The predicted octanol–water partition coefficient (Wildman–Crippen LogP) is 3.10. The SMILES string of the molecule is CCNC(=NCC(OC)C(C)(C)C)NCC1CCN(CC(F)(F)F)C1.I. The zero-order valence-electron chi connectivity index (χ0n) is 16.4. The summed E-state index contributed by atoms with van der Waals surface area (Å²) in [7, 11) is 1.68. The van der Waals surface area contributed by atoms with Gasteiger partial charge in [-0.15, -0.1) is 24.0 Å². The van der Waals surface area contributed by atoms with E-state index in [9.17, 15) is 13.2 Å². The first-order chi connectivity index (χ1) is 11.5. The van der Waals surface area contributed by atoms with E-state index in [4.69, 9.17) is 4.74 Å². The predicted molar refractivity (Wildman–Crippen MR) is 110 cm³/mol. The average Bonchev–Trinajstić information content (AvgIpc) is 2.89. The van der Waals surface area contributed by atoms with Crippen molar-refractivity contribution in [1.82, 2.24) is 15.5 Å². The Morgan fingerprint density at radius 1 is 1.27 bits per heavy atom. The summed E-state index contributed by atoms with van der Waals surface area (Å²) in [4.78, 5) is 6.04. The van der Waals surface area contributed by atoms with Crippen molar-refractivity contribution in [1.29, 1.82) is 0 Å². The summed E-state index contributed by atoms with van der Waals surface area (Å²) >= 11 is 0. The summed E-state index contributed by atoms with van der Waals surface area (Å²) in [5, 5.41) is 6.43. The number of hydrogen-bond donors (Lipinski definition) is 2. The third kappa shape index (κ3) is 10.1. The minimum Gasteiger partial charge on any atom is -0.379 e. The number of halogens is 4. The average molecular weight is 494 g/mol. The van der Waals surface area contributed by atoms with Gasteiger partial charge in [0, 0.05) is 26.7 Å². The number of methoxy groups -OCH3 is 1. The van der Waals surface area contributed by atoms with Crippen molar-refractivity contribution < 1.29 is 17.9 Å². The zero-order valence-corrected chi connectivity index (χ0v) is 18.8.